The van der Waals surface area contributed by atoms with Gasteiger partial charge in [0.15, 0.2) is 0 Å². The van der Waals surface area contributed by atoms with Crippen LogP contribution in [0.15, 0.2) is 53.4 Å². The lowest BCUT2D eigenvalue weighted by Gasteiger charge is -2.06. The van der Waals surface area contributed by atoms with Crippen molar-refractivity contribution in [2.24, 2.45) is 0 Å². The van der Waals surface area contributed by atoms with Gasteiger partial charge in [0, 0.05) is 4.90 Å². The van der Waals surface area contributed by atoms with Gasteiger partial charge in [-0.05, 0) is 47.6 Å². The highest BCUT2D eigenvalue weighted by Gasteiger charge is 2.03. The van der Waals surface area contributed by atoms with Gasteiger partial charge in [0.1, 0.15) is 5.75 Å². The first-order valence-electron chi connectivity index (χ1n) is 8.43. The fourth-order valence-electron chi connectivity index (χ4n) is 2.46. The van der Waals surface area contributed by atoms with Crippen LogP contribution in [-0.2, 0) is 0 Å². The van der Waals surface area contributed by atoms with E-state index < -0.39 is 6.16 Å². The van der Waals surface area contributed by atoms with Crippen molar-refractivity contribution in [3.05, 3.63) is 48.5 Å². The molecule has 0 unspecified atom stereocenters. The fraction of sp³-hybridized carbons (Fsp3) is 0.350. The lowest BCUT2D eigenvalue weighted by atomic mass is 10.1. The molecular formula is C20H24O3S. The van der Waals surface area contributed by atoms with Crippen LogP contribution in [-0.4, -0.2) is 17.0 Å². The third-order valence-electron chi connectivity index (χ3n) is 3.76. The van der Waals surface area contributed by atoms with E-state index in [4.69, 9.17) is 5.11 Å². The predicted octanol–water partition coefficient (Wildman–Crippen LogP) is 6.47. The van der Waals surface area contributed by atoms with Crippen molar-refractivity contribution in [2.45, 2.75) is 43.9 Å². The molecule has 0 radical (unpaired) electrons. The summed E-state index contributed by atoms with van der Waals surface area (Å²) in [6.45, 7) is 2.24. The van der Waals surface area contributed by atoms with Crippen LogP contribution in [0.25, 0.3) is 11.1 Å². The number of thioether (sulfide) groups is 1. The van der Waals surface area contributed by atoms with E-state index in [0.29, 0.717) is 5.75 Å². The number of ether oxygens (including phenoxy) is 1. The maximum Gasteiger partial charge on any atom is 0.511 e. The summed E-state index contributed by atoms with van der Waals surface area (Å²) in [6, 6.07) is 15.6. The second kappa shape index (κ2) is 10.0. The van der Waals surface area contributed by atoms with Crippen molar-refractivity contribution < 1.29 is 14.6 Å². The van der Waals surface area contributed by atoms with E-state index in [1.807, 2.05) is 23.9 Å². The molecule has 0 saturated heterocycles. The van der Waals surface area contributed by atoms with Crippen molar-refractivity contribution in [1.82, 2.24) is 0 Å². The van der Waals surface area contributed by atoms with Gasteiger partial charge >= 0.3 is 6.16 Å². The minimum atomic E-state index is -1.29. The average molecular weight is 344 g/mol. The van der Waals surface area contributed by atoms with Gasteiger partial charge < -0.3 is 9.84 Å². The Balaban J connectivity index is 1.84. The topological polar surface area (TPSA) is 46.5 Å². The molecule has 3 nitrogen and oxygen atoms in total. The Morgan fingerprint density at radius 3 is 2.08 bits per heavy atom. The van der Waals surface area contributed by atoms with Crippen LogP contribution < -0.4 is 4.74 Å². The molecular weight excluding hydrogens is 320 g/mol. The Bertz CT molecular complexity index is 620. The van der Waals surface area contributed by atoms with E-state index in [-0.39, 0.29) is 0 Å². The van der Waals surface area contributed by atoms with Gasteiger partial charge in [0.2, 0.25) is 0 Å². The highest BCUT2D eigenvalue weighted by atomic mass is 32.2. The molecule has 0 aliphatic heterocycles. The molecule has 0 atom stereocenters. The Morgan fingerprint density at radius 2 is 1.50 bits per heavy atom. The SMILES string of the molecule is CCCCCCCSc1ccc(-c2ccc(OC(=O)O)cc2)cc1. The molecule has 4 heteroatoms. The quantitative estimate of drug-likeness (QED) is 0.245. The van der Waals surface area contributed by atoms with Gasteiger partial charge in [-0.3, -0.25) is 0 Å². The Hall–Kier alpha value is -1.94. The number of hydrogen-bond donors (Lipinski definition) is 1. The first-order valence-corrected chi connectivity index (χ1v) is 9.41. The van der Waals surface area contributed by atoms with E-state index >= 15 is 0 Å². The van der Waals surface area contributed by atoms with Crippen molar-refractivity contribution in [3.63, 3.8) is 0 Å². The molecule has 1 N–H and O–H groups in total. The molecule has 0 saturated carbocycles. The summed E-state index contributed by atoms with van der Waals surface area (Å²) in [5.74, 6) is 1.51. The molecule has 0 aromatic heterocycles. The Morgan fingerprint density at radius 1 is 0.917 bits per heavy atom. The van der Waals surface area contributed by atoms with Gasteiger partial charge in [-0.2, -0.15) is 0 Å². The second-order valence-corrected chi connectivity index (χ2v) is 6.85. The maximum atomic E-state index is 10.5. The number of hydrogen-bond acceptors (Lipinski definition) is 3. The first-order chi connectivity index (χ1) is 11.7. The smallest absolute Gasteiger partial charge is 0.449 e. The molecule has 2 aromatic rings. The van der Waals surface area contributed by atoms with Gasteiger partial charge in [-0.15, -0.1) is 11.8 Å². The van der Waals surface area contributed by atoms with Gasteiger partial charge in [-0.1, -0.05) is 56.9 Å². The number of benzene rings is 2. The van der Waals surface area contributed by atoms with E-state index in [1.165, 1.54) is 42.8 Å². The van der Waals surface area contributed by atoms with E-state index in [1.54, 1.807) is 12.1 Å². The molecule has 0 aliphatic carbocycles. The number of carbonyl (C=O) groups is 1. The summed E-state index contributed by atoms with van der Waals surface area (Å²) in [6.07, 6.45) is 5.28. The zero-order chi connectivity index (χ0) is 17.2. The van der Waals surface area contributed by atoms with Crippen LogP contribution in [0, 0.1) is 0 Å². The third kappa shape index (κ3) is 6.28. The predicted molar refractivity (Wildman–Crippen MR) is 100 cm³/mol. The molecule has 0 heterocycles. The standard InChI is InChI=1S/C20H24O3S/c1-2-3-4-5-6-15-24-19-13-9-17(10-14-19)16-7-11-18(12-8-16)23-20(21)22/h7-14H,2-6,15H2,1H3,(H,21,22). The lowest BCUT2D eigenvalue weighted by molar-refractivity contribution is 0.144. The van der Waals surface area contributed by atoms with Crippen molar-refractivity contribution in [2.75, 3.05) is 5.75 Å². The molecule has 128 valence electrons. The van der Waals surface area contributed by atoms with Gasteiger partial charge in [0.05, 0.1) is 0 Å². The maximum absolute atomic E-state index is 10.5. The van der Waals surface area contributed by atoms with Crippen LogP contribution in [0.4, 0.5) is 4.79 Å². The number of unbranched alkanes of at least 4 members (excludes halogenated alkanes) is 4. The minimum absolute atomic E-state index is 0.335. The van der Waals surface area contributed by atoms with Crippen molar-refractivity contribution >= 4 is 17.9 Å². The molecule has 0 fully saturated rings. The fourth-order valence-corrected chi connectivity index (χ4v) is 3.37. The first kappa shape index (κ1) is 18.4. The summed E-state index contributed by atoms with van der Waals surface area (Å²) < 4.78 is 4.62. The second-order valence-electron chi connectivity index (χ2n) is 5.68. The van der Waals surface area contributed by atoms with Crippen LogP contribution in [0.5, 0.6) is 5.75 Å². The lowest BCUT2D eigenvalue weighted by Crippen LogP contribution is -2.02. The van der Waals surface area contributed by atoms with Crippen LogP contribution in [0.2, 0.25) is 0 Å². The van der Waals surface area contributed by atoms with Crippen LogP contribution in [0.3, 0.4) is 0 Å². The zero-order valence-electron chi connectivity index (χ0n) is 14.0. The van der Waals surface area contributed by atoms with E-state index in [0.717, 1.165) is 11.1 Å². The molecule has 24 heavy (non-hydrogen) atoms. The minimum Gasteiger partial charge on any atom is -0.449 e. The summed E-state index contributed by atoms with van der Waals surface area (Å²) in [4.78, 5) is 11.8. The van der Waals surface area contributed by atoms with Crippen molar-refractivity contribution in [1.29, 1.82) is 0 Å². The van der Waals surface area contributed by atoms with Crippen molar-refractivity contribution in [3.8, 4) is 16.9 Å². The van der Waals surface area contributed by atoms with Gasteiger partial charge in [0.25, 0.3) is 0 Å². The monoisotopic (exact) mass is 344 g/mol. The normalized spacial score (nSPS) is 10.5. The molecule has 0 amide bonds. The highest BCUT2D eigenvalue weighted by molar-refractivity contribution is 7.99. The number of rotatable bonds is 9. The molecule has 0 aliphatic rings. The average Bonchev–Trinajstić information content (AvgIpc) is 2.59. The summed E-state index contributed by atoms with van der Waals surface area (Å²) in [5.41, 5.74) is 2.16. The highest BCUT2D eigenvalue weighted by Crippen LogP contribution is 2.26. The Kier molecular flexibility index (Phi) is 7.69. The zero-order valence-corrected chi connectivity index (χ0v) is 14.8. The van der Waals surface area contributed by atoms with Crippen LogP contribution in [0.1, 0.15) is 39.0 Å². The largest absolute Gasteiger partial charge is 0.511 e. The molecule has 2 rings (SSSR count). The third-order valence-corrected chi connectivity index (χ3v) is 4.86. The summed E-state index contributed by atoms with van der Waals surface area (Å²) in [5, 5.41) is 8.59. The summed E-state index contributed by atoms with van der Waals surface area (Å²) >= 11 is 1.91. The van der Waals surface area contributed by atoms with E-state index in [2.05, 4.69) is 35.9 Å². The van der Waals surface area contributed by atoms with E-state index in [9.17, 15) is 4.79 Å². The molecule has 2 aromatic carbocycles. The molecule has 0 bridgehead atoms. The molecule has 0 spiro atoms. The summed E-state index contributed by atoms with van der Waals surface area (Å²) in [7, 11) is 0. The number of carboxylic acid groups (broad SMARTS) is 1. The Labute approximate surface area is 148 Å². The van der Waals surface area contributed by atoms with Crippen LogP contribution >= 0.6 is 11.8 Å². The van der Waals surface area contributed by atoms with Gasteiger partial charge in [-0.25, -0.2) is 4.79 Å².